The molecule has 0 radical (unpaired) electrons. The summed E-state index contributed by atoms with van der Waals surface area (Å²) >= 11 is 0. The number of pyridine rings is 1. The molecule has 0 spiro atoms. The minimum absolute atomic E-state index is 0.409. The first-order chi connectivity index (χ1) is 11.8. The molecule has 1 aromatic carbocycles. The standard InChI is InChI=1S/C19H19N3O2/c1-23-16-6-2-4-14(10-16)19-7-9-22(19)13-17-11-18(21-24-17)15-5-3-8-20-12-15/h2-6,8,10-12,19H,7,9,13H2,1H3/t19-/m1/s1. The van der Waals surface area contributed by atoms with Crippen LogP contribution in [0, 0.1) is 0 Å². The predicted octanol–water partition coefficient (Wildman–Crippen LogP) is 3.69. The van der Waals surface area contributed by atoms with Crippen molar-refractivity contribution in [3.8, 4) is 17.0 Å². The van der Waals surface area contributed by atoms with Crippen molar-refractivity contribution in [1.82, 2.24) is 15.0 Å². The third-order valence-electron chi connectivity index (χ3n) is 4.48. The number of likely N-dealkylation sites (tertiary alicyclic amines) is 1. The molecule has 0 N–H and O–H groups in total. The van der Waals surface area contributed by atoms with Crippen LogP contribution >= 0.6 is 0 Å². The molecule has 1 fully saturated rings. The third kappa shape index (κ3) is 2.90. The van der Waals surface area contributed by atoms with Crippen molar-refractivity contribution in [2.24, 2.45) is 0 Å². The van der Waals surface area contributed by atoms with Crippen LogP contribution in [0.4, 0.5) is 0 Å². The van der Waals surface area contributed by atoms with Crippen molar-refractivity contribution in [2.45, 2.75) is 19.0 Å². The van der Waals surface area contributed by atoms with Crippen LogP contribution in [0.5, 0.6) is 5.75 Å². The molecule has 0 amide bonds. The monoisotopic (exact) mass is 321 g/mol. The topological polar surface area (TPSA) is 51.4 Å². The SMILES string of the molecule is COc1cccc([C@H]2CCN2Cc2cc(-c3cccnc3)no2)c1. The van der Waals surface area contributed by atoms with E-state index in [1.165, 1.54) is 5.56 Å². The van der Waals surface area contributed by atoms with E-state index in [2.05, 4.69) is 27.2 Å². The molecule has 0 unspecified atom stereocenters. The molecule has 1 aliphatic rings. The molecule has 2 aromatic heterocycles. The highest BCUT2D eigenvalue weighted by Gasteiger charge is 2.30. The van der Waals surface area contributed by atoms with E-state index in [-0.39, 0.29) is 0 Å². The molecule has 0 bridgehead atoms. The van der Waals surface area contributed by atoms with E-state index in [1.807, 2.05) is 30.3 Å². The molecule has 4 rings (SSSR count). The number of ether oxygens (including phenoxy) is 1. The van der Waals surface area contributed by atoms with Crippen molar-refractivity contribution in [2.75, 3.05) is 13.7 Å². The first kappa shape index (κ1) is 14.9. The largest absolute Gasteiger partial charge is 0.497 e. The average Bonchev–Trinajstić information content (AvgIpc) is 3.08. The van der Waals surface area contributed by atoms with Gasteiger partial charge in [-0.2, -0.15) is 0 Å². The van der Waals surface area contributed by atoms with E-state index in [0.717, 1.165) is 42.3 Å². The predicted molar refractivity (Wildman–Crippen MR) is 90.5 cm³/mol. The van der Waals surface area contributed by atoms with Gasteiger partial charge in [-0.3, -0.25) is 9.88 Å². The van der Waals surface area contributed by atoms with E-state index in [4.69, 9.17) is 9.26 Å². The van der Waals surface area contributed by atoms with E-state index in [9.17, 15) is 0 Å². The summed E-state index contributed by atoms with van der Waals surface area (Å²) in [5.41, 5.74) is 3.09. The van der Waals surface area contributed by atoms with Gasteiger partial charge in [0, 0.05) is 36.6 Å². The highest BCUT2D eigenvalue weighted by atomic mass is 16.5. The van der Waals surface area contributed by atoms with Crippen LogP contribution in [0.2, 0.25) is 0 Å². The van der Waals surface area contributed by atoms with E-state index >= 15 is 0 Å². The van der Waals surface area contributed by atoms with Gasteiger partial charge < -0.3 is 9.26 Å². The van der Waals surface area contributed by atoms with Crippen LogP contribution in [0.1, 0.15) is 23.8 Å². The minimum atomic E-state index is 0.409. The van der Waals surface area contributed by atoms with Gasteiger partial charge in [-0.05, 0) is 36.2 Å². The summed E-state index contributed by atoms with van der Waals surface area (Å²) < 4.78 is 10.8. The molecule has 5 nitrogen and oxygen atoms in total. The number of hydrogen-bond acceptors (Lipinski definition) is 5. The Morgan fingerprint density at radius 2 is 2.21 bits per heavy atom. The number of benzene rings is 1. The maximum atomic E-state index is 5.51. The van der Waals surface area contributed by atoms with E-state index in [0.29, 0.717) is 6.04 Å². The first-order valence-electron chi connectivity index (χ1n) is 8.07. The van der Waals surface area contributed by atoms with E-state index < -0.39 is 0 Å². The van der Waals surface area contributed by atoms with Crippen LogP contribution < -0.4 is 4.74 Å². The van der Waals surface area contributed by atoms with Crippen molar-refractivity contribution in [1.29, 1.82) is 0 Å². The third-order valence-corrected chi connectivity index (χ3v) is 4.48. The molecule has 24 heavy (non-hydrogen) atoms. The van der Waals surface area contributed by atoms with Gasteiger partial charge >= 0.3 is 0 Å². The molecule has 1 atom stereocenters. The van der Waals surface area contributed by atoms with Crippen molar-refractivity contribution in [3.63, 3.8) is 0 Å². The van der Waals surface area contributed by atoms with Gasteiger partial charge in [0.05, 0.1) is 13.7 Å². The normalized spacial score (nSPS) is 17.5. The lowest BCUT2D eigenvalue weighted by Gasteiger charge is -2.40. The summed E-state index contributed by atoms with van der Waals surface area (Å²) in [5.74, 6) is 1.78. The highest BCUT2D eigenvalue weighted by molar-refractivity contribution is 5.57. The van der Waals surface area contributed by atoms with Crippen LogP contribution in [0.25, 0.3) is 11.3 Å². The van der Waals surface area contributed by atoms with Crippen molar-refractivity contribution in [3.05, 3.63) is 66.2 Å². The Kier molecular flexibility index (Phi) is 4.01. The Hall–Kier alpha value is -2.66. The first-order valence-corrected chi connectivity index (χ1v) is 8.07. The Labute approximate surface area is 140 Å². The summed E-state index contributed by atoms with van der Waals surface area (Å²) in [6.07, 6.45) is 4.70. The Morgan fingerprint density at radius 3 is 2.96 bits per heavy atom. The zero-order valence-corrected chi connectivity index (χ0v) is 13.6. The number of nitrogens with zero attached hydrogens (tertiary/aromatic N) is 3. The second-order valence-corrected chi connectivity index (χ2v) is 5.97. The smallest absolute Gasteiger partial charge is 0.151 e. The molecular weight excluding hydrogens is 302 g/mol. The van der Waals surface area contributed by atoms with Gasteiger partial charge in [0.1, 0.15) is 11.4 Å². The average molecular weight is 321 g/mol. The van der Waals surface area contributed by atoms with Crippen LogP contribution in [-0.2, 0) is 6.54 Å². The van der Waals surface area contributed by atoms with Gasteiger partial charge in [-0.25, -0.2) is 0 Å². The molecule has 5 heteroatoms. The molecular formula is C19H19N3O2. The van der Waals surface area contributed by atoms with Gasteiger partial charge in [-0.1, -0.05) is 17.3 Å². The van der Waals surface area contributed by atoms with Crippen LogP contribution in [0.15, 0.2) is 59.4 Å². The fourth-order valence-electron chi connectivity index (χ4n) is 3.09. The van der Waals surface area contributed by atoms with Gasteiger partial charge in [0.2, 0.25) is 0 Å². The lowest BCUT2D eigenvalue weighted by molar-refractivity contribution is 0.0710. The number of rotatable bonds is 5. The lowest BCUT2D eigenvalue weighted by atomic mass is 9.94. The van der Waals surface area contributed by atoms with E-state index in [1.54, 1.807) is 19.5 Å². The lowest BCUT2D eigenvalue weighted by Crippen LogP contribution is -2.40. The summed E-state index contributed by atoms with van der Waals surface area (Å²) in [4.78, 5) is 6.51. The van der Waals surface area contributed by atoms with Gasteiger partial charge in [-0.15, -0.1) is 0 Å². The zero-order chi connectivity index (χ0) is 16.4. The second kappa shape index (κ2) is 6.45. The summed E-state index contributed by atoms with van der Waals surface area (Å²) in [6.45, 7) is 1.82. The maximum Gasteiger partial charge on any atom is 0.151 e. The summed E-state index contributed by atoms with van der Waals surface area (Å²) in [5, 5.41) is 4.16. The molecule has 1 aliphatic heterocycles. The molecule has 0 aliphatic carbocycles. The zero-order valence-electron chi connectivity index (χ0n) is 13.6. The van der Waals surface area contributed by atoms with Crippen molar-refractivity contribution >= 4 is 0 Å². The van der Waals surface area contributed by atoms with Crippen molar-refractivity contribution < 1.29 is 9.26 Å². The van der Waals surface area contributed by atoms with Crippen LogP contribution in [-0.4, -0.2) is 28.7 Å². The second-order valence-electron chi connectivity index (χ2n) is 5.97. The van der Waals surface area contributed by atoms with Crippen LogP contribution in [0.3, 0.4) is 0 Å². The number of hydrogen-bond donors (Lipinski definition) is 0. The number of methoxy groups -OCH3 is 1. The molecule has 0 saturated carbocycles. The highest BCUT2D eigenvalue weighted by Crippen LogP contribution is 2.36. The fourth-order valence-corrected chi connectivity index (χ4v) is 3.09. The molecule has 3 aromatic rings. The molecule has 122 valence electrons. The summed E-state index contributed by atoms with van der Waals surface area (Å²) in [6, 6.07) is 14.6. The maximum absolute atomic E-state index is 5.51. The van der Waals surface area contributed by atoms with Gasteiger partial charge in [0.25, 0.3) is 0 Å². The fraction of sp³-hybridized carbons (Fsp3) is 0.263. The number of aromatic nitrogens is 2. The molecule has 3 heterocycles. The minimum Gasteiger partial charge on any atom is -0.497 e. The summed E-state index contributed by atoms with van der Waals surface area (Å²) in [7, 11) is 1.70. The Balaban J connectivity index is 1.47. The Bertz CT molecular complexity index is 816. The molecule has 1 saturated heterocycles. The quantitative estimate of drug-likeness (QED) is 0.717. The van der Waals surface area contributed by atoms with Gasteiger partial charge in [0.15, 0.2) is 5.76 Å². The Morgan fingerprint density at radius 1 is 1.25 bits per heavy atom.